The van der Waals surface area contributed by atoms with Crippen LogP contribution in [0, 0.1) is 19.7 Å². The first-order valence-electron chi connectivity index (χ1n) is 5.88. The number of halogens is 2. The fourth-order valence-corrected chi connectivity index (χ4v) is 2.09. The van der Waals surface area contributed by atoms with Crippen LogP contribution in [0.2, 0.25) is 5.02 Å². The van der Waals surface area contributed by atoms with Crippen molar-refractivity contribution in [2.75, 3.05) is 0 Å². The Bertz CT molecular complexity index is 640. The Morgan fingerprint density at radius 1 is 1.32 bits per heavy atom. The number of hydrogen-bond donors (Lipinski definition) is 0. The molecule has 0 aliphatic carbocycles. The third-order valence-corrected chi connectivity index (χ3v) is 3.08. The highest BCUT2D eigenvalue weighted by Gasteiger charge is 2.14. The Kier molecular flexibility index (Phi) is 3.96. The van der Waals surface area contributed by atoms with Crippen molar-refractivity contribution >= 4 is 17.4 Å². The number of benzene rings is 1. The van der Waals surface area contributed by atoms with E-state index in [0.717, 1.165) is 11.1 Å². The molecule has 0 unspecified atom stereocenters. The summed E-state index contributed by atoms with van der Waals surface area (Å²) in [6.45, 7) is 3.73. The Morgan fingerprint density at radius 3 is 2.68 bits per heavy atom. The second kappa shape index (κ2) is 5.49. The number of carbonyl (C=O) groups is 1. The first kappa shape index (κ1) is 13.7. The van der Waals surface area contributed by atoms with E-state index < -0.39 is 5.82 Å². The number of pyridine rings is 1. The molecule has 2 aromatic rings. The molecule has 0 bridgehead atoms. The minimum Gasteiger partial charge on any atom is -0.292 e. The average Bonchev–Trinajstić information content (AvgIpc) is 2.32. The van der Waals surface area contributed by atoms with Gasteiger partial charge in [0.25, 0.3) is 0 Å². The number of carbonyl (C=O) groups excluding carboxylic acids is 1. The van der Waals surface area contributed by atoms with Gasteiger partial charge in [0.05, 0.1) is 0 Å². The third kappa shape index (κ3) is 3.18. The van der Waals surface area contributed by atoms with Crippen molar-refractivity contribution in [3.8, 4) is 0 Å². The van der Waals surface area contributed by atoms with Crippen molar-refractivity contribution in [2.24, 2.45) is 0 Å². The molecular formula is C15H13ClFNO. The molecular weight excluding hydrogens is 265 g/mol. The molecule has 0 saturated carbocycles. The Balaban J connectivity index is 2.25. The SMILES string of the molecule is Cc1cnc(C(=O)Cc2ccc(Cl)cc2F)c(C)c1. The minimum absolute atomic E-state index is 0.0140. The van der Waals surface area contributed by atoms with Gasteiger partial charge in [0.2, 0.25) is 0 Å². The highest BCUT2D eigenvalue weighted by atomic mass is 35.5. The van der Waals surface area contributed by atoms with Crippen LogP contribution in [-0.4, -0.2) is 10.8 Å². The van der Waals surface area contributed by atoms with Gasteiger partial charge in [0, 0.05) is 17.6 Å². The molecule has 19 heavy (non-hydrogen) atoms. The summed E-state index contributed by atoms with van der Waals surface area (Å²) >= 11 is 5.68. The van der Waals surface area contributed by atoms with Crippen molar-refractivity contribution in [3.05, 3.63) is 63.7 Å². The fourth-order valence-electron chi connectivity index (χ4n) is 1.93. The van der Waals surface area contributed by atoms with Crippen molar-refractivity contribution in [2.45, 2.75) is 20.3 Å². The van der Waals surface area contributed by atoms with E-state index in [1.807, 2.05) is 19.9 Å². The van der Waals surface area contributed by atoms with Crippen molar-refractivity contribution in [3.63, 3.8) is 0 Å². The van der Waals surface area contributed by atoms with E-state index in [2.05, 4.69) is 4.98 Å². The summed E-state index contributed by atoms with van der Waals surface area (Å²) in [7, 11) is 0. The number of aromatic nitrogens is 1. The van der Waals surface area contributed by atoms with Crippen LogP contribution in [0.1, 0.15) is 27.2 Å². The standard InChI is InChI=1S/C15H13ClFNO/c1-9-5-10(2)15(18-8-9)14(19)6-11-3-4-12(16)7-13(11)17/h3-5,7-8H,6H2,1-2H3. The number of rotatable bonds is 3. The quantitative estimate of drug-likeness (QED) is 0.796. The van der Waals surface area contributed by atoms with E-state index in [1.54, 1.807) is 12.3 Å². The maximum absolute atomic E-state index is 13.6. The van der Waals surface area contributed by atoms with Crippen LogP contribution in [0.4, 0.5) is 4.39 Å². The van der Waals surface area contributed by atoms with Gasteiger partial charge >= 0.3 is 0 Å². The Morgan fingerprint density at radius 2 is 2.05 bits per heavy atom. The maximum atomic E-state index is 13.6. The van der Waals surface area contributed by atoms with E-state index in [9.17, 15) is 9.18 Å². The summed E-state index contributed by atoms with van der Waals surface area (Å²) in [5, 5.41) is 0.318. The molecule has 0 aliphatic rings. The van der Waals surface area contributed by atoms with E-state index >= 15 is 0 Å². The summed E-state index contributed by atoms with van der Waals surface area (Å²) in [5.41, 5.74) is 2.52. The van der Waals surface area contributed by atoms with Gasteiger partial charge in [-0.15, -0.1) is 0 Å². The first-order valence-corrected chi connectivity index (χ1v) is 6.25. The molecule has 0 fully saturated rings. The van der Waals surface area contributed by atoms with Crippen molar-refractivity contribution in [1.29, 1.82) is 0 Å². The summed E-state index contributed by atoms with van der Waals surface area (Å²) in [6.07, 6.45) is 1.62. The lowest BCUT2D eigenvalue weighted by Crippen LogP contribution is -2.09. The average molecular weight is 278 g/mol. The van der Waals surface area contributed by atoms with Crippen LogP contribution >= 0.6 is 11.6 Å². The smallest absolute Gasteiger partial charge is 0.185 e. The van der Waals surface area contributed by atoms with Gasteiger partial charge in [0.1, 0.15) is 11.5 Å². The number of ketones is 1. The zero-order chi connectivity index (χ0) is 14.0. The van der Waals surface area contributed by atoms with Crippen LogP contribution in [0.25, 0.3) is 0 Å². The zero-order valence-corrected chi connectivity index (χ0v) is 11.5. The molecule has 1 aromatic heterocycles. The van der Waals surface area contributed by atoms with Crippen molar-refractivity contribution < 1.29 is 9.18 Å². The molecule has 0 spiro atoms. The summed E-state index contributed by atoms with van der Waals surface area (Å²) in [5.74, 6) is -0.663. The molecule has 98 valence electrons. The molecule has 2 nitrogen and oxygen atoms in total. The predicted molar refractivity (Wildman–Crippen MR) is 73.2 cm³/mol. The van der Waals surface area contributed by atoms with Gasteiger partial charge in [-0.05, 0) is 42.7 Å². The molecule has 0 amide bonds. The van der Waals surface area contributed by atoms with Crippen LogP contribution in [-0.2, 0) is 6.42 Å². The van der Waals surface area contributed by atoms with Gasteiger partial charge in [0.15, 0.2) is 5.78 Å². The summed E-state index contributed by atoms with van der Waals surface area (Å²) in [6, 6.07) is 6.19. The van der Waals surface area contributed by atoms with Gasteiger partial charge in [-0.3, -0.25) is 9.78 Å². The van der Waals surface area contributed by atoms with Crippen LogP contribution in [0.15, 0.2) is 30.5 Å². The fraction of sp³-hybridized carbons (Fsp3) is 0.200. The van der Waals surface area contributed by atoms with Gasteiger partial charge < -0.3 is 0 Å². The zero-order valence-electron chi connectivity index (χ0n) is 10.7. The molecule has 4 heteroatoms. The lowest BCUT2D eigenvalue weighted by molar-refractivity contribution is 0.0986. The molecule has 0 radical (unpaired) electrons. The molecule has 1 aromatic carbocycles. The minimum atomic E-state index is -0.467. The van der Waals surface area contributed by atoms with Crippen LogP contribution in [0.3, 0.4) is 0 Å². The number of aryl methyl sites for hydroxylation is 2. The second-order valence-electron chi connectivity index (χ2n) is 4.51. The molecule has 1 heterocycles. The first-order chi connectivity index (χ1) is 8.97. The second-order valence-corrected chi connectivity index (χ2v) is 4.95. The monoisotopic (exact) mass is 277 g/mol. The lowest BCUT2D eigenvalue weighted by Gasteiger charge is -2.06. The number of nitrogens with zero attached hydrogens (tertiary/aromatic N) is 1. The Labute approximate surface area is 116 Å². The Hall–Kier alpha value is -1.74. The topological polar surface area (TPSA) is 30.0 Å². The maximum Gasteiger partial charge on any atom is 0.185 e. The van der Waals surface area contributed by atoms with Gasteiger partial charge in [-0.2, -0.15) is 0 Å². The third-order valence-electron chi connectivity index (χ3n) is 2.85. The highest BCUT2D eigenvalue weighted by molar-refractivity contribution is 6.30. The number of Topliss-reactive ketones (excluding diaryl/α,β-unsaturated/α-hetero) is 1. The largest absolute Gasteiger partial charge is 0.292 e. The van der Waals surface area contributed by atoms with Gasteiger partial charge in [-0.25, -0.2) is 4.39 Å². The number of hydrogen-bond acceptors (Lipinski definition) is 2. The van der Waals surface area contributed by atoms with E-state index in [4.69, 9.17) is 11.6 Å². The van der Waals surface area contributed by atoms with Gasteiger partial charge in [-0.1, -0.05) is 23.7 Å². The molecule has 0 atom stereocenters. The van der Waals surface area contributed by atoms with Crippen LogP contribution in [0.5, 0.6) is 0 Å². The molecule has 0 aliphatic heterocycles. The normalized spacial score (nSPS) is 10.5. The lowest BCUT2D eigenvalue weighted by atomic mass is 10.0. The highest BCUT2D eigenvalue weighted by Crippen LogP contribution is 2.17. The predicted octanol–water partition coefficient (Wildman–Crippen LogP) is 3.92. The van der Waals surface area contributed by atoms with E-state index in [-0.39, 0.29) is 12.2 Å². The molecule has 0 saturated heterocycles. The van der Waals surface area contributed by atoms with E-state index in [1.165, 1.54) is 12.1 Å². The molecule has 2 rings (SSSR count). The summed E-state index contributed by atoms with van der Waals surface area (Å²) in [4.78, 5) is 16.2. The van der Waals surface area contributed by atoms with Crippen LogP contribution < -0.4 is 0 Å². The summed E-state index contributed by atoms with van der Waals surface area (Å²) < 4.78 is 13.6. The molecule has 0 N–H and O–H groups in total. The van der Waals surface area contributed by atoms with Crippen molar-refractivity contribution in [1.82, 2.24) is 4.98 Å². The van der Waals surface area contributed by atoms with E-state index in [0.29, 0.717) is 16.3 Å².